The van der Waals surface area contributed by atoms with Crippen LogP contribution in [-0.4, -0.2) is 15.0 Å². The van der Waals surface area contributed by atoms with Crippen LogP contribution in [0.1, 0.15) is 11.4 Å². The molecule has 1 aromatic carbocycles. The van der Waals surface area contributed by atoms with Gasteiger partial charge in [0.15, 0.2) is 0 Å². The van der Waals surface area contributed by atoms with Gasteiger partial charge in [-0.05, 0) is 31.2 Å². The van der Waals surface area contributed by atoms with E-state index in [2.05, 4.69) is 21.0 Å². The van der Waals surface area contributed by atoms with Crippen LogP contribution in [0.5, 0.6) is 0 Å². The van der Waals surface area contributed by atoms with E-state index in [-0.39, 0.29) is 0 Å². The lowest BCUT2D eigenvalue weighted by Gasteiger charge is -2.06. The standard InChI is InChI=1S/C15H10N4/c1-10-18-13-3-2-8-17-15(13)14(19-10)12-6-4-11(9-16)5-7-12/h2-8H,1H3. The van der Waals surface area contributed by atoms with Gasteiger partial charge >= 0.3 is 0 Å². The monoisotopic (exact) mass is 246 g/mol. The second-order valence-corrected chi connectivity index (χ2v) is 4.18. The molecule has 0 atom stereocenters. The zero-order valence-electron chi connectivity index (χ0n) is 10.3. The van der Waals surface area contributed by atoms with Crippen molar-refractivity contribution < 1.29 is 0 Å². The van der Waals surface area contributed by atoms with E-state index in [0.717, 1.165) is 22.3 Å². The van der Waals surface area contributed by atoms with Crippen LogP contribution in [0.4, 0.5) is 0 Å². The number of hydrogen-bond acceptors (Lipinski definition) is 4. The van der Waals surface area contributed by atoms with Gasteiger partial charge in [-0.15, -0.1) is 0 Å². The minimum atomic E-state index is 0.631. The van der Waals surface area contributed by atoms with Gasteiger partial charge in [-0.3, -0.25) is 4.98 Å². The van der Waals surface area contributed by atoms with Gasteiger partial charge in [0, 0.05) is 11.8 Å². The normalized spacial score (nSPS) is 10.3. The highest BCUT2D eigenvalue weighted by Crippen LogP contribution is 2.24. The van der Waals surface area contributed by atoms with E-state index in [0.29, 0.717) is 11.4 Å². The van der Waals surface area contributed by atoms with Crippen LogP contribution in [0.3, 0.4) is 0 Å². The predicted octanol–water partition coefficient (Wildman–Crippen LogP) is 2.87. The fourth-order valence-electron chi connectivity index (χ4n) is 1.99. The van der Waals surface area contributed by atoms with Gasteiger partial charge in [-0.25, -0.2) is 9.97 Å². The second kappa shape index (κ2) is 4.46. The molecule has 0 spiro atoms. The van der Waals surface area contributed by atoms with Gasteiger partial charge in [0.25, 0.3) is 0 Å². The average Bonchev–Trinajstić information content (AvgIpc) is 2.46. The molecule has 3 aromatic rings. The van der Waals surface area contributed by atoms with Crippen molar-refractivity contribution in [3.8, 4) is 17.3 Å². The minimum Gasteiger partial charge on any atom is -0.252 e. The highest BCUT2D eigenvalue weighted by atomic mass is 14.9. The lowest BCUT2D eigenvalue weighted by atomic mass is 10.1. The number of nitrogens with zero attached hydrogens (tertiary/aromatic N) is 4. The number of benzene rings is 1. The zero-order valence-corrected chi connectivity index (χ0v) is 10.3. The summed E-state index contributed by atoms with van der Waals surface area (Å²) >= 11 is 0. The van der Waals surface area contributed by atoms with E-state index in [1.807, 2.05) is 31.2 Å². The fourth-order valence-corrected chi connectivity index (χ4v) is 1.99. The zero-order chi connectivity index (χ0) is 13.2. The smallest absolute Gasteiger partial charge is 0.126 e. The molecule has 0 radical (unpaired) electrons. The summed E-state index contributed by atoms with van der Waals surface area (Å²) in [4.78, 5) is 13.2. The van der Waals surface area contributed by atoms with E-state index in [9.17, 15) is 0 Å². The Bertz CT molecular complexity index is 785. The maximum absolute atomic E-state index is 8.83. The second-order valence-electron chi connectivity index (χ2n) is 4.18. The Labute approximate surface area is 110 Å². The molecule has 0 saturated carbocycles. The van der Waals surface area contributed by atoms with Gasteiger partial charge in [0.2, 0.25) is 0 Å². The van der Waals surface area contributed by atoms with Crippen molar-refractivity contribution in [2.75, 3.05) is 0 Å². The Morgan fingerprint density at radius 3 is 2.58 bits per heavy atom. The van der Waals surface area contributed by atoms with Crippen molar-refractivity contribution in [1.29, 1.82) is 5.26 Å². The molecule has 4 heteroatoms. The molecule has 0 saturated heterocycles. The van der Waals surface area contributed by atoms with Crippen molar-refractivity contribution >= 4 is 11.0 Å². The van der Waals surface area contributed by atoms with Gasteiger partial charge in [-0.2, -0.15) is 5.26 Å². The summed E-state index contributed by atoms with van der Waals surface area (Å²) in [6.45, 7) is 1.86. The Balaban J connectivity index is 2.26. The Morgan fingerprint density at radius 2 is 1.84 bits per heavy atom. The molecular weight excluding hydrogens is 236 g/mol. The Hall–Kier alpha value is -2.80. The number of fused-ring (bicyclic) bond motifs is 1. The Morgan fingerprint density at radius 1 is 1.05 bits per heavy atom. The van der Waals surface area contributed by atoms with Crippen LogP contribution in [0.25, 0.3) is 22.3 Å². The van der Waals surface area contributed by atoms with Crippen LogP contribution in [-0.2, 0) is 0 Å². The molecule has 0 aliphatic heterocycles. The summed E-state index contributed by atoms with van der Waals surface area (Å²) in [5.74, 6) is 0.708. The van der Waals surface area contributed by atoms with Crippen LogP contribution in [0, 0.1) is 18.3 Å². The molecule has 2 aromatic heterocycles. The summed E-state index contributed by atoms with van der Waals surface area (Å²) in [5, 5.41) is 8.83. The molecule has 90 valence electrons. The first-order valence-electron chi connectivity index (χ1n) is 5.88. The van der Waals surface area contributed by atoms with E-state index in [1.165, 1.54) is 0 Å². The first kappa shape index (κ1) is 11.3. The van der Waals surface area contributed by atoms with Crippen molar-refractivity contribution in [2.45, 2.75) is 6.92 Å². The maximum Gasteiger partial charge on any atom is 0.126 e. The molecule has 2 heterocycles. The molecule has 0 fully saturated rings. The molecule has 0 N–H and O–H groups in total. The highest BCUT2D eigenvalue weighted by molar-refractivity contribution is 5.88. The van der Waals surface area contributed by atoms with Gasteiger partial charge in [0.05, 0.1) is 17.1 Å². The van der Waals surface area contributed by atoms with E-state index in [1.54, 1.807) is 18.3 Å². The molecule has 0 unspecified atom stereocenters. The van der Waals surface area contributed by atoms with Crippen LogP contribution >= 0.6 is 0 Å². The topological polar surface area (TPSA) is 62.5 Å². The minimum absolute atomic E-state index is 0.631. The van der Waals surface area contributed by atoms with Crippen molar-refractivity contribution in [3.63, 3.8) is 0 Å². The van der Waals surface area contributed by atoms with Gasteiger partial charge in [-0.1, -0.05) is 12.1 Å². The molecule has 0 bridgehead atoms. The van der Waals surface area contributed by atoms with Crippen LogP contribution < -0.4 is 0 Å². The Kier molecular flexibility index (Phi) is 2.66. The summed E-state index contributed by atoms with van der Waals surface area (Å²) in [7, 11) is 0. The lowest BCUT2D eigenvalue weighted by Crippen LogP contribution is -1.95. The van der Waals surface area contributed by atoms with Crippen molar-refractivity contribution in [1.82, 2.24) is 15.0 Å². The fraction of sp³-hybridized carbons (Fsp3) is 0.0667. The number of aryl methyl sites for hydroxylation is 1. The number of pyridine rings is 1. The van der Waals surface area contributed by atoms with Crippen molar-refractivity contribution in [2.24, 2.45) is 0 Å². The van der Waals surface area contributed by atoms with Gasteiger partial charge < -0.3 is 0 Å². The quantitative estimate of drug-likeness (QED) is 0.662. The van der Waals surface area contributed by atoms with E-state index < -0.39 is 0 Å². The first-order valence-corrected chi connectivity index (χ1v) is 5.88. The molecule has 4 nitrogen and oxygen atoms in total. The molecule has 0 aliphatic rings. The summed E-state index contributed by atoms with van der Waals surface area (Å²) in [5.41, 5.74) is 3.97. The van der Waals surface area contributed by atoms with Crippen LogP contribution in [0.2, 0.25) is 0 Å². The number of nitriles is 1. The molecule has 3 rings (SSSR count). The third-order valence-corrected chi connectivity index (χ3v) is 2.85. The van der Waals surface area contributed by atoms with Gasteiger partial charge in [0.1, 0.15) is 17.0 Å². The number of rotatable bonds is 1. The van der Waals surface area contributed by atoms with Crippen LogP contribution in [0.15, 0.2) is 42.6 Å². The highest BCUT2D eigenvalue weighted by Gasteiger charge is 2.08. The largest absolute Gasteiger partial charge is 0.252 e. The molecular formula is C15H10N4. The molecule has 19 heavy (non-hydrogen) atoms. The summed E-state index contributed by atoms with van der Waals surface area (Å²) in [6, 6.07) is 13.2. The summed E-state index contributed by atoms with van der Waals surface area (Å²) < 4.78 is 0. The predicted molar refractivity (Wildman–Crippen MR) is 72.2 cm³/mol. The van der Waals surface area contributed by atoms with E-state index >= 15 is 0 Å². The van der Waals surface area contributed by atoms with Crippen molar-refractivity contribution in [3.05, 3.63) is 54.0 Å². The average molecular weight is 246 g/mol. The van der Waals surface area contributed by atoms with E-state index in [4.69, 9.17) is 5.26 Å². The molecule has 0 amide bonds. The summed E-state index contributed by atoms with van der Waals surface area (Å²) in [6.07, 6.45) is 1.73. The third-order valence-electron chi connectivity index (χ3n) is 2.85. The first-order chi connectivity index (χ1) is 9.28. The lowest BCUT2D eigenvalue weighted by molar-refractivity contribution is 1.09. The third kappa shape index (κ3) is 2.02. The maximum atomic E-state index is 8.83. The molecule has 0 aliphatic carbocycles. The number of aromatic nitrogens is 3. The SMILES string of the molecule is Cc1nc(-c2ccc(C#N)cc2)c2ncccc2n1. The number of hydrogen-bond donors (Lipinski definition) is 0.